The van der Waals surface area contributed by atoms with Crippen LogP contribution in [0.2, 0.25) is 0 Å². The molecule has 0 atom stereocenters. The first-order valence-electron chi connectivity index (χ1n) is 8.76. The predicted octanol–water partition coefficient (Wildman–Crippen LogP) is 2.38. The Kier molecular flexibility index (Phi) is 5.36. The Hall–Kier alpha value is -1.96. The van der Waals surface area contributed by atoms with Crippen LogP contribution in [-0.2, 0) is 7.05 Å². The van der Waals surface area contributed by atoms with Gasteiger partial charge in [0.15, 0.2) is 0 Å². The summed E-state index contributed by atoms with van der Waals surface area (Å²) in [5.74, 6) is 1.87. The minimum atomic E-state index is 0.0428. The Morgan fingerprint density at radius 3 is 2.68 bits per heavy atom. The average molecular weight is 363 g/mol. The molecule has 8 heteroatoms. The van der Waals surface area contributed by atoms with Gasteiger partial charge in [0.25, 0.3) is 5.91 Å². The van der Waals surface area contributed by atoms with Gasteiger partial charge in [-0.2, -0.15) is 9.47 Å². The third-order valence-corrected chi connectivity index (χ3v) is 5.45. The molecule has 0 aliphatic carbocycles. The van der Waals surface area contributed by atoms with E-state index in [9.17, 15) is 4.79 Å². The lowest BCUT2D eigenvalue weighted by Crippen LogP contribution is -2.39. The van der Waals surface area contributed by atoms with Gasteiger partial charge in [-0.1, -0.05) is 13.8 Å². The number of aryl methyl sites for hydroxylation is 1. The van der Waals surface area contributed by atoms with Gasteiger partial charge in [0, 0.05) is 57.4 Å². The molecule has 1 aliphatic rings. The van der Waals surface area contributed by atoms with E-state index in [4.69, 9.17) is 0 Å². The van der Waals surface area contributed by atoms with Crippen LogP contribution in [0.1, 0.15) is 48.8 Å². The highest BCUT2D eigenvalue weighted by molar-refractivity contribution is 7.09. The van der Waals surface area contributed by atoms with Gasteiger partial charge in [0.2, 0.25) is 5.13 Å². The minimum Gasteiger partial charge on any atom is -0.347 e. The molecule has 0 aromatic carbocycles. The van der Waals surface area contributed by atoms with Crippen LogP contribution in [0.4, 0.5) is 5.13 Å². The SMILES string of the molecule is CC(C)c1nsc(N2CCC(CN(C)C(=O)c3cnn(C)c3)CC2)n1. The van der Waals surface area contributed by atoms with Crippen LogP contribution >= 0.6 is 11.5 Å². The third-order valence-electron chi connectivity index (χ3n) is 4.66. The minimum absolute atomic E-state index is 0.0428. The molecule has 25 heavy (non-hydrogen) atoms. The maximum absolute atomic E-state index is 12.4. The maximum atomic E-state index is 12.4. The highest BCUT2D eigenvalue weighted by Crippen LogP contribution is 2.27. The van der Waals surface area contributed by atoms with Crippen LogP contribution < -0.4 is 4.90 Å². The number of nitrogens with zero attached hydrogens (tertiary/aromatic N) is 6. The lowest BCUT2D eigenvalue weighted by Gasteiger charge is -2.33. The van der Waals surface area contributed by atoms with Crippen LogP contribution in [0.25, 0.3) is 0 Å². The molecule has 0 unspecified atom stereocenters. The summed E-state index contributed by atoms with van der Waals surface area (Å²) in [7, 11) is 3.70. The number of aromatic nitrogens is 4. The van der Waals surface area contributed by atoms with Crippen molar-refractivity contribution in [3.63, 3.8) is 0 Å². The topological polar surface area (TPSA) is 67.2 Å². The fraction of sp³-hybridized carbons (Fsp3) is 0.647. The van der Waals surface area contributed by atoms with Crippen molar-refractivity contribution in [1.82, 2.24) is 24.0 Å². The summed E-state index contributed by atoms with van der Waals surface area (Å²) in [5.41, 5.74) is 0.650. The van der Waals surface area contributed by atoms with Gasteiger partial charge in [-0.15, -0.1) is 0 Å². The van der Waals surface area contributed by atoms with E-state index in [1.54, 1.807) is 17.1 Å². The van der Waals surface area contributed by atoms with E-state index < -0.39 is 0 Å². The highest BCUT2D eigenvalue weighted by Gasteiger charge is 2.25. The molecule has 0 spiro atoms. The molecule has 2 aromatic heterocycles. The first-order chi connectivity index (χ1) is 11.9. The van der Waals surface area contributed by atoms with Crippen LogP contribution in [0.3, 0.4) is 0 Å². The number of hydrogen-bond acceptors (Lipinski definition) is 6. The second kappa shape index (κ2) is 7.51. The molecule has 7 nitrogen and oxygen atoms in total. The Balaban J connectivity index is 1.51. The van der Waals surface area contributed by atoms with Crippen LogP contribution in [0.5, 0.6) is 0 Å². The molecule has 136 valence electrons. The number of piperidine rings is 1. The third kappa shape index (κ3) is 4.18. The molecule has 1 fully saturated rings. The second-order valence-corrected chi connectivity index (χ2v) is 7.84. The van der Waals surface area contributed by atoms with E-state index in [1.807, 2.05) is 19.0 Å². The summed E-state index contributed by atoms with van der Waals surface area (Å²) < 4.78 is 6.10. The maximum Gasteiger partial charge on any atom is 0.256 e. The van der Waals surface area contributed by atoms with Gasteiger partial charge in [0.1, 0.15) is 5.82 Å². The largest absolute Gasteiger partial charge is 0.347 e. The molecule has 1 aliphatic heterocycles. The van der Waals surface area contributed by atoms with Gasteiger partial charge in [-0.25, -0.2) is 4.98 Å². The zero-order chi connectivity index (χ0) is 18.0. The van der Waals surface area contributed by atoms with Gasteiger partial charge in [-0.05, 0) is 18.8 Å². The molecule has 0 N–H and O–H groups in total. The summed E-state index contributed by atoms with van der Waals surface area (Å²) in [6, 6.07) is 0. The Morgan fingerprint density at radius 1 is 1.40 bits per heavy atom. The van der Waals surface area contributed by atoms with Crippen molar-refractivity contribution in [3.05, 3.63) is 23.8 Å². The van der Waals surface area contributed by atoms with Gasteiger partial charge in [0.05, 0.1) is 11.8 Å². The lowest BCUT2D eigenvalue weighted by molar-refractivity contribution is 0.0765. The molecule has 1 saturated heterocycles. The van der Waals surface area contributed by atoms with Crippen LogP contribution in [0.15, 0.2) is 12.4 Å². The summed E-state index contributed by atoms with van der Waals surface area (Å²) in [5, 5.41) is 5.11. The summed E-state index contributed by atoms with van der Waals surface area (Å²) in [4.78, 5) is 21.2. The van der Waals surface area contributed by atoms with E-state index in [2.05, 4.69) is 33.2 Å². The standard InChI is InChI=1S/C17H26N6OS/c1-12(2)15-19-17(25-20-15)23-7-5-13(6-8-23)10-21(3)16(24)14-9-18-22(4)11-14/h9,11-13H,5-8,10H2,1-4H3. The van der Waals surface area contributed by atoms with Crippen molar-refractivity contribution in [1.29, 1.82) is 0 Å². The fourth-order valence-corrected chi connectivity index (χ4v) is 3.98. The van der Waals surface area contributed by atoms with Crippen LogP contribution in [-0.4, -0.2) is 56.6 Å². The molecular formula is C17H26N6OS. The van der Waals surface area contributed by atoms with E-state index >= 15 is 0 Å². The average Bonchev–Trinajstić information content (AvgIpc) is 3.24. The number of rotatable bonds is 5. The number of hydrogen-bond donors (Lipinski definition) is 0. The first-order valence-corrected chi connectivity index (χ1v) is 9.54. The Bertz CT molecular complexity index is 716. The summed E-state index contributed by atoms with van der Waals surface area (Å²) in [6.07, 6.45) is 5.54. The molecule has 3 heterocycles. The zero-order valence-corrected chi connectivity index (χ0v) is 16.2. The van der Waals surface area contributed by atoms with Gasteiger partial charge >= 0.3 is 0 Å². The van der Waals surface area contributed by atoms with Gasteiger partial charge < -0.3 is 9.80 Å². The van der Waals surface area contributed by atoms with Crippen LogP contribution in [0, 0.1) is 5.92 Å². The monoisotopic (exact) mass is 362 g/mol. The van der Waals surface area contributed by atoms with Crippen molar-refractivity contribution in [2.45, 2.75) is 32.6 Å². The van der Waals surface area contributed by atoms with E-state index in [1.165, 1.54) is 11.5 Å². The first kappa shape index (κ1) is 17.8. The quantitative estimate of drug-likeness (QED) is 0.817. The summed E-state index contributed by atoms with van der Waals surface area (Å²) in [6.45, 7) is 6.98. The fourth-order valence-electron chi connectivity index (χ4n) is 3.12. The van der Waals surface area contributed by atoms with E-state index in [0.29, 0.717) is 17.4 Å². The molecule has 0 saturated carbocycles. The second-order valence-electron chi connectivity index (χ2n) is 7.11. The Labute approximate surface area is 152 Å². The van der Waals surface area contributed by atoms with Crippen molar-refractivity contribution in [3.8, 4) is 0 Å². The van der Waals surface area contributed by atoms with Crippen molar-refractivity contribution in [2.24, 2.45) is 13.0 Å². The molecule has 2 aromatic rings. The Morgan fingerprint density at radius 2 is 2.12 bits per heavy atom. The molecule has 0 bridgehead atoms. The smallest absolute Gasteiger partial charge is 0.256 e. The molecular weight excluding hydrogens is 336 g/mol. The number of anilines is 1. The van der Waals surface area contributed by atoms with Gasteiger partial charge in [-0.3, -0.25) is 9.48 Å². The number of amides is 1. The normalized spacial score (nSPS) is 15.8. The highest BCUT2D eigenvalue weighted by atomic mass is 32.1. The zero-order valence-electron chi connectivity index (χ0n) is 15.3. The van der Waals surface area contributed by atoms with E-state index in [-0.39, 0.29) is 5.91 Å². The van der Waals surface area contributed by atoms with Crippen molar-refractivity contribution >= 4 is 22.6 Å². The lowest BCUT2D eigenvalue weighted by atomic mass is 9.96. The van der Waals surface area contributed by atoms with E-state index in [0.717, 1.165) is 43.4 Å². The molecule has 3 rings (SSSR count). The number of carbonyl (C=O) groups is 1. The van der Waals surface area contributed by atoms with Crippen molar-refractivity contribution < 1.29 is 4.79 Å². The molecule has 1 amide bonds. The predicted molar refractivity (Wildman–Crippen MR) is 99.1 cm³/mol. The summed E-state index contributed by atoms with van der Waals surface area (Å²) >= 11 is 1.50. The van der Waals surface area contributed by atoms with Crippen molar-refractivity contribution in [2.75, 3.05) is 31.6 Å². The number of carbonyl (C=O) groups excluding carboxylic acids is 1. The molecule has 0 radical (unpaired) electrons.